The van der Waals surface area contributed by atoms with Crippen molar-refractivity contribution in [3.63, 3.8) is 0 Å². The molecule has 1 N–H and O–H groups in total. The Bertz CT molecular complexity index is 824. The molecule has 3 rings (SSSR count). The molecule has 1 aliphatic rings. The van der Waals surface area contributed by atoms with E-state index in [1.165, 1.54) is 6.33 Å². The molecule has 2 heterocycles. The predicted octanol–water partition coefficient (Wildman–Crippen LogP) is 2.66. The van der Waals surface area contributed by atoms with Gasteiger partial charge in [-0.05, 0) is 19.1 Å². The van der Waals surface area contributed by atoms with Gasteiger partial charge in [0, 0.05) is 32.2 Å². The number of para-hydroxylation sites is 1. The van der Waals surface area contributed by atoms with E-state index in [-0.39, 0.29) is 17.7 Å². The van der Waals surface area contributed by atoms with E-state index in [1.807, 2.05) is 4.90 Å². The number of benzene rings is 1. The van der Waals surface area contributed by atoms with Crippen LogP contribution in [0.3, 0.4) is 0 Å². The van der Waals surface area contributed by atoms with Gasteiger partial charge in [0.05, 0.1) is 17.3 Å². The number of aromatic nitrogens is 2. The van der Waals surface area contributed by atoms with Gasteiger partial charge in [-0.2, -0.15) is 0 Å². The van der Waals surface area contributed by atoms with Crippen LogP contribution in [0.15, 0.2) is 36.7 Å². The lowest BCUT2D eigenvalue weighted by atomic mass is 10.2. The maximum Gasteiger partial charge on any atom is 0.409 e. The monoisotopic (exact) mass is 389 g/mol. The van der Waals surface area contributed by atoms with Crippen molar-refractivity contribution in [2.24, 2.45) is 0 Å². The van der Waals surface area contributed by atoms with Crippen LogP contribution in [-0.2, 0) is 4.74 Å². The molecule has 0 unspecified atom stereocenters. The molecule has 8 nitrogen and oxygen atoms in total. The minimum Gasteiger partial charge on any atom is -0.450 e. The fourth-order valence-corrected chi connectivity index (χ4v) is 2.91. The van der Waals surface area contributed by atoms with Crippen LogP contribution in [0.4, 0.5) is 16.3 Å². The second-order valence-electron chi connectivity index (χ2n) is 5.87. The molecule has 0 bridgehead atoms. The molecule has 1 aliphatic heterocycles. The average molecular weight is 390 g/mol. The number of hydrogen-bond acceptors (Lipinski definition) is 6. The van der Waals surface area contributed by atoms with Crippen LogP contribution in [-0.4, -0.2) is 59.7 Å². The van der Waals surface area contributed by atoms with E-state index in [9.17, 15) is 9.59 Å². The van der Waals surface area contributed by atoms with Gasteiger partial charge in [0.2, 0.25) is 0 Å². The summed E-state index contributed by atoms with van der Waals surface area (Å²) in [6.07, 6.45) is 1.05. The third-order valence-electron chi connectivity index (χ3n) is 4.14. The Morgan fingerprint density at radius 3 is 2.63 bits per heavy atom. The number of nitrogens with zero attached hydrogens (tertiary/aromatic N) is 4. The molecule has 0 atom stereocenters. The first-order chi connectivity index (χ1) is 13.1. The summed E-state index contributed by atoms with van der Waals surface area (Å²) in [6, 6.07) is 8.63. The first-order valence-electron chi connectivity index (χ1n) is 8.63. The molecule has 1 saturated heterocycles. The first-order valence-corrected chi connectivity index (χ1v) is 9.01. The molecule has 27 heavy (non-hydrogen) atoms. The highest BCUT2D eigenvalue weighted by atomic mass is 35.5. The number of ether oxygens (including phenoxy) is 1. The topological polar surface area (TPSA) is 87.7 Å². The Hall–Kier alpha value is -2.87. The van der Waals surface area contributed by atoms with Gasteiger partial charge in [-0.1, -0.05) is 23.7 Å². The third-order valence-corrected chi connectivity index (χ3v) is 4.47. The molecule has 0 aliphatic carbocycles. The van der Waals surface area contributed by atoms with E-state index < -0.39 is 0 Å². The van der Waals surface area contributed by atoms with Crippen LogP contribution in [0.5, 0.6) is 0 Å². The lowest BCUT2D eigenvalue weighted by Crippen LogP contribution is -2.49. The predicted molar refractivity (Wildman–Crippen MR) is 102 cm³/mol. The van der Waals surface area contributed by atoms with Crippen molar-refractivity contribution in [2.45, 2.75) is 6.92 Å². The Kier molecular flexibility index (Phi) is 6.08. The molecule has 1 aromatic carbocycles. The van der Waals surface area contributed by atoms with E-state index in [4.69, 9.17) is 16.3 Å². The van der Waals surface area contributed by atoms with Crippen LogP contribution in [0.1, 0.15) is 17.4 Å². The quantitative estimate of drug-likeness (QED) is 0.864. The van der Waals surface area contributed by atoms with Gasteiger partial charge >= 0.3 is 6.09 Å². The summed E-state index contributed by atoms with van der Waals surface area (Å²) in [6.45, 7) is 4.40. The lowest BCUT2D eigenvalue weighted by molar-refractivity contribution is 0.102. The highest BCUT2D eigenvalue weighted by Crippen LogP contribution is 2.21. The Labute approximate surface area is 162 Å². The van der Waals surface area contributed by atoms with E-state index in [2.05, 4.69) is 15.3 Å². The number of anilines is 2. The fraction of sp³-hybridized carbons (Fsp3) is 0.333. The maximum atomic E-state index is 12.5. The highest BCUT2D eigenvalue weighted by Gasteiger charge is 2.23. The van der Waals surface area contributed by atoms with Gasteiger partial charge in [-0.25, -0.2) is 14.8 Å². The Morgan fingerprint density at radius 1 is 1.19 bits per heavy atom. The van der Waals surface area contributed by atoms with E-state index >= 15 is 0 Å². The molecule has 9 heteroatoms. The molecule has 1 fully saturated rings. The molecular formula is C18H20ClN5O3. The number of halogens is 1. The van der Waals surface area contributed by atoms with Crippen molar-refractivity contribution in [1.29, 1.82) is 0 Å². The molecular weight excluding hydrogens is 370 g/mol. The molecule has 0 saturated carbocycles. The number of hydrogen-bond donors (Lipinski definition) is 1. The summed E-state index contributed by atoms with van der Waals surface area (Å²) in [4.78, 5) is 36.2. The number of carbonyl (C=O) groups is 2. The van der Waals surface area contributed by atoms with Gasteiger partial charge < -0.3 is 19.9 Å². The number of amides is 2. The maximum absolute atomic E-state index is 12.5. The Morgan fingerprint density at radius 2 is 1.93 bits per heavy atom. The summed E-state index contributed by atoms with van der Waals surface area (Å²) in [5.74, 6) is 0.273. The van der Waals surface area contributed by atoms with Gasteiger partial charge in [0.15, 0.2) is 0 Å². The minimum absolute atomic E-state index is 0.243. The second kappa shape index (κ2) is 8.68. The van der Waals surface area contributed by atoms with Crippen LogP contribution >= 0.6 is 11.6 Å². The largest absolute Gasteiger partial charge is 0.450 e. The average Bonchev–Trinajstić information content (AvgIpc) is 2.70. The van der Waals surface area contributed by atoms with Crippen LogP contribution in [0.2, 0.25) is 5.02 Å². The zero-order valence-corrected chi connectivity index (χ0v) is 15.6. The van der Waals surface area contributed by atoms with Crippen molar-refractivity contribution in [3.05, 3.63) is 47.4 Å². The molecule has 2 amide bonds. The zero-order valence-electron chi connectivity index (χ0n) is 14.9. The zero-order chi connectivity index (χ0) is 19.2. The van der Waals surface area contributed by atoms with Gasteiger partial charge in [-0.3, -0.25) is 4.79 Å². The number of carbonyl (C=O) groups excluding carboxylic acids is 2. The second-order valence-corrected chi connectivity index (χ2v) is 6.28. The molecule has 2 aromatic rings. The minimum atomic E-state index is -0.364. The number of nitrogens with one attached hydrogen (secondary N) is 1. The van der Waals surface area contributed by atoms with Crippen molar-refractivity contribution in [1.82, 2.24) is 14.9 Å². The van der Waals surface area contributed by atoms with E-state index in [0.29, 0.717) is 49.3 Å². The van der Waals surface area contributed by atoms with Crippen molar-refractivity contribution < 1.29 is 14.3 Å². The van der Waals surface area contributed by atoms with E-state index in [0.717, 1.165) is 0 Å². The summed E-state index contributed by atoms with van der Waals surface area (Å²) in [5.41, 5.74) is 0.764. The SMILES string of the molecule is CCOC(=O)N1CCN(c2cc(C(=O)Nc3ccccc3Cl)ncn2)CC1. The van der Waals surface area contributed by atoms with Crippen LogP contribution in [0.25, 0.3) is 0 Å². The van der Waals surface area contributed by atoms with Gasteiger partial charge in [-0.15, -0.1) is 0 Å². The first kappa shape index (κ1) is 18.9. The molecule has 142 valence electrons. The smallest absolute Gasteiger partial charge is 0.409 e. The van der Waals surface area contributed by atoms with Crippen molar-refractivity contribution in [2.75, 3.05) is 43.0 Å². The van der Waals surface area contributed by atoms with E-state index in [1.54, 1.807) is 42.2 Å². The normalized spacial score (nSPS) is 14.0. The third kappa shape index (κ3) is 4.65. The van der Waals surface area contributed by atoms with Crippen LogP contribution < -0.4 is 10.2 Å². The van der Waals surface area contributed by atoms with Crippen molar-refractivity contribution in [3.8, 4) is 0 Å². The summed E-state index contributed by atoms with van der Waals surface area (Å²) < 4.78 is 5.02. The molecule has 1 aromatic heterocycles. The molecule has 0 spiro atoms. The molecule has 0 radical (unpaired) electrons. The fourth-order valence-electron chi connectivity index (χ4n) is 2.73. The summed E-state index contributed by atoms with van der Waals surface area (Å²) in [7, 11) is 0. The number of rotatable bonds is 4. The summed E-state index contributed by atoms with van der Waals surface area (Å²) >= 11 is 6.07. The van der Waals surface area contributed by atoms with Crippen LogP contribution in [0, 0.1) is 0 Å². The summed E-state index contributed by atoms with van der Waals surface area (Å²) in [5, 5.41) is 3.20. The highest BCUT2D eigenvalue weighted by molar-refractivity contribution is 6.33. The Balaban J connectivity index is 1.65. The van der Waals surface area contributed by atoms with Gasteiger partial charge in [0.1, 0.15) is 17.8 Å². The standard InChI is InChI=1S/C18H20ClN5O3/c1-2-27-18(26)24-9-7-23(8-10-24)16-11-15(20-12-21-16)17(25)22-14-6-4-3-5-13(14)19/h3-6,11-12H,2,7-10H2,1H3,(H,22,25). The number of piperazine rings is 1. The lowest BCUT2D eigenvalue weighted by Gasteiger charge is -2.34. The van der Waals surface area contributed by atoms with Crippen molar-refractivity contribution >= 4 is 35.1 Å². The van der Waals surface area contributed by atoms with Gasteiger partial charge in [0.25, 0.3) is 5.91 Å².